The quantitative estimate of drug-likeness (QED) is 0.505. The highest BCUT2D eigenvalue weighted by Crippen LogP contribution is 2.41. The maximum absolute atomic E-state index is 8.92. The van der Waals surface area contributed by atoms with Gasteiger partial charge in [0.05, 0.1) is 11.6 Å². The Morgan fingerprint density at radius 2 is 2.33 bits per heavy atom. The van der Waals surface area contributed by atoms with E-state index in [1.807, 2.05) is 6.08 Å². The van der Waals surface area contributed by atoms with E-state index in [-0.39, 0.29) is 10.9 Å². The van der Waals surface area contributed by atoms with E-state index < -0.39 is 0 Å². The van der Waals surface area contributed by atoms with Crippen molar-refractivity contribution in [2.24, 2.45) is 5.41 Å². The predicted molar refractivity (Wildman–Crippen MR) is 61.1 cm³/mol. The molecule has 2 nitrogen and oxygen atoms in total. The first-order valence-electron chi connectivity index (χ1n) is 5.30. The molecular formula is C12H15ClN2. The van der Waals surface area contributed by atoms with Crippen LogP contribution in [0.1, 0.15) is 33.1 Å². The van der Waals surface area contributed by atoms with Crippen molar-refractivity contribution in [3.05, 3.63) is 22.9 Å². The molecule has 1 heterocycles. The number of dihydropyridines is 1. The van der Waals surface area contributed by atoms with Crippen LogP contribution in [0.15, 0.2) is 22.9 Å². The highest BCUT2D eigenvalue weighted by Gasteiger charge is 2.33. The third-order valence-electron chi connectivity index (χ3n) is 3.25. The molecule has 2 aliphatic rings. The summed E-state index contributed by atoms with van der Waals surface area (Å²) in [5.41, 5.74) is 2.93. The summed E-state index contributed by atoms with van der Waals surface area (Å²) in [6.07, 6.45) is 5.39. The normalized spacial score (nSPS) is 28.7. The van der Waals surface area contributed by atoms with Gasteiger partial charge in [-0.05, 0) is 30.9 Å². The minimum absolute atomic E-state index is 0.165. The fraction of sp³-hybridized carbons (Fsp3) is 0.583. The van der Waals surface area contributed by atoms with Crippen LogP contribution in [0.25, 0.3) is 0 Å². The lowest BCUT2D eigenvalue weighted by Gasteiger charge is -2.38. The Kier molecular flexibility index (Phi) is 2.52. The molecule has 0 aromatic rings. The SMILES string of the molecule is CC1(C)CCCC2=C1NC(Cl)C(C#N)=C2. The van der Waals surface area contributed by atoms with E-state index in [1.165, 1.54) is 24.1 Å². The largest absolute Gasteiger partial charge is 0.368 e. The number of nitrogens with one attached hydrogen (secondary N) is 1. The van der Waals surface area contributed by atoms with Crippen molar-refractivity contribution < 1.29 is 0 Å². The average molecular weight is 223 g/mol. The summed E-state index contributed by atoms with van der Waals surface area (Å²) in [6, 6.07) is 2.15. The van der Waals surface area contributed by atoms with Gasteiger partial charge < -0.3 is 5.32 Å². The molecular weight excluding hydrogens is 208 g/mol. The molecule has 1 unspecified atom stereocenters. The fourth-order valence-corrected chi connectivity index (χ4v) is 2.61. The van der Waals surface area contributed by atoms with Crippen LogP contribution in [0.3, 0.4) is 0 Å². The molecule has 0 amide bonds. The number of halogens is 1. The lowest BCUT2D eigenvalue weighted by molar-refractivity contribution is 0.341. The van der Waals surface area contributed by atoms with Gasteiger partial charge in [0.1, 0.15) is 5.50 Å². The van der Waals surface area contributed by atoms with Gasteiger partial charge in [0.15, 0.2) is 0 Å². The summed E-state index contributed by atoms with van der Waals surface area (Å²) in [5, 5.41) is 12.2. The number of hydrogen-bond acceptors (Lipinski definition) is 2. The van der Waals surface area contributed by atoms with E-state index in [0.29, 0.717) is 5.57 Å². The van der Waals surface area contributed by atoms with Crippen molar-refractivity contribution in [3.63, 3.8) is 0 Å². The monoisotopic (exact) mass is 222 g/mol. The summed E-state index contributed by atoms with van der Waals surface area (Å²) in [4.78, 5) is 0. The molecule has 0 aromatic heterocycles. The predicted octanol–water partition coefficient (Wildman–Crippen LogP) is 3.07. The van der Waals surface area contributed by atoms with Crippen molar-refractivity contribution in [1.29, 1.82) is 5.26 Å². The Morgan fingerprint density at radius 3 is 3.00 bits per heavy atom. The van der Waals surface area contributed by atoms with Crippen LogP contribution in [0, 0.1) is 16.7 Å². The Hall–Kier alpha value is -0.940. The fourth-order valence-electron chi connectivity index (χ4n) is 2.39. The van der Waals surface area contributed by atoms with Gasteiger partial charge in [-0.2, -0.15) is 5.26 Å². The number of allylic oxidation sites excluding steroid dienone is 3. The second-order valence-electron chi connectivity index (χ2n) is 4.86. The molecule has 0 radical (unpaired) electrons. The maximum atomic E-state index is 8.92. The molecule has 1 N–H and O–H groups in total. The Labute approximate surface area is 95.6 Å². The number of nitriles is 1. The van der Waals surface area contributed by atoms with Crippen LogP contribution < -0.4 is 5.32 Å². The van der Waals surface area contributed by atoms with Crippen LogP contribution in [0.4, 0.5) is 0 Å². The van der Waals surface area contributed by atoms with Crippen LogP contribution in [-0.4, -0.2) is 5.50 Å². The van der Waals surface area contributed by atoms with E-state index in [1.54, 1.807) is 0 Å². The van der Waals surface area contributed by atoms with Gasteiger partial charge in [0, 0.05) is 11.1 Å². The van der Waals surface area contributed by atoms with Gasteiger partial charge in [0.2, 0.25) is 0 Å². The molecule has 1 atom stereocenters. The molecule has 15 heavy (non-hydrogen) atoms. The van der Waals surface area contributed by atoms with Gasteiger partial charge in [-0.3, -0.25) is 0 Å². The lowest BCUT2D eigenvalue weighted by Crippen LogP contribution is -2.38. The molecule has 2 rings (SSSR count). The smallest absolute Gasteiger partial charge is 0.137 e. The van der Waals surface area contributed by atoms with Gasteiger partial charge in [-0.1, -0.05) is 25.4 Å². The zero-order valence-corrected chi connectivity index (χ0v) is 9.86. The maximum Gasteiger partial charge on any atom is 0.137 e. The third kappa shape index (κ3) is 1.77. The highest BCUT2D eigenvalue weighted by atomic mass is 35.5. The molecule has 0 spiro atoms. The minimum Gasteiger partial charge on any atom is -0.368 e. The number of hydrogen-bond donors (Lipinski definition) is 1. The second-order valence-corrected chi connectivity index (χ2v) is 5.29. The average Bonchev–Trinajstić information content (AvgIpc) is 2.18. The van der Waals surface area contributed by atoms with Crippen molar-refractivity contribution in [1.82, 2.24) is 5.32 Å². The molecule has 1 aliphatic heterocycles. The van der Waals surface area contributed by atoms with Crippen molar-refractivity contribution in [2.75, 3.05) is 0 Å². The summed E-state index contributed by atoms with van der Waals surface area (Å²) < 4.78 is 0. The number of alkyl halides is 1. The van der Waals surface area contributed by atoms with E-state index in [4.69, 9.17) is 16.9 Å². The van der Waals surface area contributed by atoms with Crippen LogP contribution in [0.5, 0.6) is 0 Å². The first-order chi connectivity index (χ1) is 7.04. The summed E-state index contributed by atoms with van der Waals surface area (Å²) >= 11 is 6.09. The van der Waals surface area contributed by atoms with E-state index in [0.717, 1.165) is 6.42 Å². The molecule has 80 valence electrons. The molecule has 0 aromatic carbocycles. The third-order valence-corrected chi connectivity index (χ3v) is 3.59. The Balaban J connectivity index is 2.43. The molecule has 0 fully saturated rings. The van der Waals surface area contributed by atoms with Crippen LogP contribution in [0.2, 0.25) is 0 Å². The topological polar surface area (TPSA) is 35.8 Å². The van der Waals surface area contributed by atoms with Gasteiger partial charge in [-0.25, -0.2) is 0 Å². The van der Waals surface area contributed by atoms with Gasteiger partial charge in [-0.15, -0.1) is 0 Å². The number of rotatable bonds is 0. The molecule has 3 heteroatoms. The molecule has 0 saturated carbocycles. The summed E-state index contributed by atoms with van der Waals surface area (Å²) in [5.74, 6) is 0. The summed E-state index contributed by atoms with van der Waals surface area (Å²) in [6.45, 7) is 4.45. The van der Waals surface area contributed by atoms with E-state index in [2.05, 4.69) is 25.2 Å². The van der Waals surface area contributed by atoms with Crippen molar-refractivity contribution in [3.8, 4) is 6.07 Å². The van der Waals surface area contributed by atoms with Crippen LogP contribution in [-0.2, 0) is 0 Å². The molecule has 1 aliphatic carbocycles. The van der Waals surface area contributed by atoms with Crippen molar-refractivity contribution >= 4 is 11.6 Å². The van der Waals surface area contributed by atoms with Gasteiger partial charge in [0.25, 0.3) is 0 Å². The molecule has 0 saturated heterocycles. The molecule has 0 bridgehead atoms. The lowest BCUT2D eigenvalue weighted by atomic mass is 9.75. The zero-order valence-electron chi connectivity index (χ0n) is 9.10. The Bertz CT molecular complexity index is 385. The van der Waals surface area contributed by atoms with Gasteiger partial charge >= 0.3 is 0 Å². The first kappa shape index (κ1) is 10.6. The zero-order chi connectivity index (χ0) is 11.1. The minimum atomic E-state index is -0.355. The Morgan fingerprint density at radius 1 is 1.60 bits per heavy atom. The van der Waals surface area contributed by atoms with E-state index >= 15 is 0 Å². The summed E-state index contributed by atoms with van der Waals surface area (Å²) in [7, 11) is 0. The standard InChI is InChI=1S/C12H15ClN2/c1-12(2)5-3-4-8-6-9(7-14)11(13)15-10(8)12/h6,11,15H,3-5H2,1-2H3. The van der Waals surface area contributed by atoms with Crippen LogP contribution >= 0.6 is 11.6 Å². The number of nitrogens with zero attached hydrogens (tertiary/aromatic N) is 1. The first-order valence-corrected chi connectivity index (χ1v) is 5.74. The van der Waals surface area contributed by atoms with Crippen molar-refractivity contribution in [2.45, 2.75) is 38.6 Å². The van der Waals surface area contributed by atoms with E-state index in [9.17, 15) is 0 Å². The second kappa shape index (κ2) is 3.57. The highest BCUT2D eigenvalue weighted by molar-refractivity contribution is 6.22.